The summed E-state index contributed by atoms with van der Waals surface area (Å²) in [6.45, 7) is 8.42. The summed E-state index contributed by atoms with van der Waals surface area (Å²) < 4.78 is 27.3. The molecule has 6 heteroatoms. The molecule has 0 aromatic heterocycles. The highest BCUT2D eigenvalue weighted by molar-refractivity contribution is 8.00. The van der Waals surface area contributed by atoms with Gasteiger partial charge in [0.1, 0.15) is 4.90 Å². The van der Waals surface area contributed by atoms with Gasteiger partial charge in [0.2, 0.25) is 10.0 Å². The lowest BCUT2D eigenvalue weighted by atomic mass is 10.1. The zero-order valence-corrected chi connectivity index (χ0v) is 14.0. The lowest BCUT2D eigenvalue weighted by Crippen LogP contribution is -2.47. The minimum Gasteiger partial charge on any atom is -0.398 e. The summed E-state index contributed by atoms with van der Waals surface area (Å²) in [4.78, 5) is 0.242. The standard InChI is InChI=1S/C14H22N2O2S2/c1-9-7-13(15)14(8-10(9)2)20(17,18)16-5-6-19-12(4)11(16)3/h7-8,11-12H,5-6,15H2,1-4H3. The molecule has 1 aliphatic heterocycles. The van der Waals surface area contributed by atoms with Crippen molar-refractivity contribution in [2.24, 2.45) is 0 Å². The number of thioether (sulfide) groups is 1. The van der Waals surface area contributed by atoms with Crippen LogP contribution in [0.25, 0.3) is 0 Å². The maximum absolute atomic E-state index is 12.9. The van der Waals surface area contributed by atoms with Crippen LogP contribution >= 0.6 is 11.8 Å². The number of anilines is 1. The zero-order valence-electron chi connectivity index (χ0n) is 12.4. The molecule has 0 saturated carbocycles. The first-order valence-electron chi connectivity index (χ1n) is 6.75. The summed E-state index contributed by atoms with van der Waals surface area (Å²) in [5.41, 5.74) is 8.25. The van der Waals surface area contributed by atoms with Crippen molar-refractivity contribution in [3.63, 3.8) is 0 Å². The van der Waals surface area contributed by atoms with E-state index in [1.165, 1.54) is 0 Å². The van der Waals surface area contributed by atoms with Gasteiger partial charge in [0.25, 0.3) is 0 Å². The molecule has 2 N–H and O–H groups in total. The molecule has 0 aliphatic carbocycles. The van der Waals surface area contributed by atoms with Gasteiger partial charge in [-0.1, -0.05) is 6.92 Å². The van der Waals surface area contributed by atoms with E-state index in [0.717, 1.165) is 16.9 Å². The summed E-state index contributed by atoms with van der Waals surface area (Å²) in [6.07, 6.45) is 0. The fraction of sp³-hybridized carbons (Fsp3) is 0.571. The van der Waals surface area contributed by atoms with Gasteiger partial charge >= 0.3 is 0 Å². The van der Waals surface area contributed by atoms with E-state index in [9.17, 15) is 8.42 Å². The molecule has 1 aliphatic rings. The van der Waals surface area contributed by atoms with Crippen molar-refractivity contribution >= 4 is 27.5 Å². The molecule has 4 nitrogen and oxygen atoms in total. The highest BCUT2D eigenvalue weighted by atomic mass is 32.2. The number of nitrogen functional groups attached to an aromatic ring is 1. The van der Waals surface area contributed by atoms with Crippen molar-refractivity contribution in [1.29, 1.82) is 0 Å². The maximum atomic E-state index is 12.9. The number of nitrogens with two attached hydrogens (primary N) is 1. The van der Waals surface area contributed by atoms with Crippen LogP contribution in [0.2, 0.25) is 0 Å². The molecule has 2 unspecified atom stereocenters. The third kappa shape index (κ3) is 2.69. The largest absolute Gasteiger partial charge is 0.398 e. The molecule has 2 rings (SSSR count). The fourth-order valence-corrected chi connectivity index (χ4v) is 5.59. The lowest BCUT2D eigenvalue weighted by molar-refractivity contribution is 0.340. The molecule has 0 amide bonds. The molecule has 1 heterocycles. The van der Waals surface area contributed by atoms with E-state index >= 15 is 0 Å². The van der Waals surface area contributed by atoms with Crippen molar-refractivity contribution in [3.05, 3.63) is 23.3 Å². The molecule has 1 saturated heterocycles. The monoisotopic (exact) mass is 314 g/mol. The van der Waals surface area contributed by atoms with Crippen molar-refractivity contribution in [2.75, 3.05) is 18.0 Å². The molecule has 2 atom stereocenters. The summed E-state index contributed by atoms with van der Waals surface area (Å²) in [7, 11) is -3.52. The van der Waals surface area contributed by atoms with E-state index in [1.807, 2.05) is 32.5 Å². The third-order valence-electron chi connectivity index (χ3n) is 4.04. The molecule has 1 aromatic rings. The number of rotatable bonds is 2. The van der Waals surface area contributed by atoms with E-state index in [4.69, 9.17) is 5.73 Å². The second kappa shape index (κ2) is 5.58. The van der Waals surface area contributed by atoms with Gasteiger partial charge < -0.3 is 5.73 Å². The predicted octanol–water partition coefficient (Wildman–Crippen LogP) is 2.40. The van der Waals surface area contributed by atoms with Gasteiger partial charge in [-0.15, -0.1) is 0 Å². The predicted molar refractivity (Wildman–Crippen MR) is 85.6 cm³/mol. The summed E-state index contributed by atoms with van der Waals surface area (Å²) in [5, 5.41) is 0.297. The van der Waals surface area contributed by atoms with Crippen LogP contribution in [0.3, 0.4) is 0 Å². The van der Waals surface area contributed by atoms with Crippen LogP contribution in [0.5, 0.6) is 0 Å². The Balaban J connectivity index is 2.47. The first kappa shape index (κ1) is 15.7. The maximum Gasteiger partial charge on any atom is 0.245 e. The molecule has 0 spiro atoms. The highest BCUT2D eigenvalue weighted by Gasteiger charge is 2.35. The van der Waals surface area contributed by atoms with Gasteiger partial charge in [-0.2, -0.15) is 16.1 Å². The Morgan fingerprint density at radius 1 is 1.25 bits per heavy atom. The van der Waals surface area contributed by atoms with Crippen LogP contribution in [0.15, 0.2) is 17.0 Å². The fourth-order valence-electron chi connectivity index (χ4n) is 2.41. The Bertz CT molecular complexity index is 614. The Labute approximate surface area is 125 Å². The molecule has 1 aromatic carbocycles. The quantitative estimate of drug-likeness (QED) is 0.852. The molecule has 0 radical (unpaired) electrons. The summed E-state index contributed by atoms with van der Waals surface area (Å²) in [5.74, 6) is 0.829. The highest BCUT2D eigenvalue weighted by Crippen LogP contribution is 2.32. The summed E-state index contributed by atoms with van der Waals surface area (Å²) >= 11 is 1.81. The molecular weight excluding hydrogens is 292 g/mol. The molecule has 0 bridgehead atoms. The minimum absolute atomic E-state index is 0.0141. The number of hydrogen-bond donors (Lipinski definition) is 1. The van der Waals surface area contributed by atoms with Crippen LogP contribution in [0, 0.1) is 13.8 Å². The SMILES string of the molecule is Cc1cc(N)c(S(=O)(=O)N2CCSC(C)C2C)cc1C. The van der Waals surface area contributed by atoms with Crippen LogP contribution in [0.1, 0.15) is 25.0 Å². The molecule has 1 fully saturated rings. The molecule has 20 heavy (non-hydrogen) atoms. The van der Waals surface area contributed by atoms with E-state index < -0.39 is 10.0 Å². The van der Waals surface area contributed by atoms with Crippen LogP contribution in [0.4, 0.5) is 5.69 Å². The minimum atomic E-state index is -3.52. The third-order valence-corrected chi connectivity index (χ3v) is 7.42. The van der Waals surface area contributed by atoms with E-state index in [0.29, 0.717) is 17.5 Å². The van der Waals surface area contributed by atoms with Crippen molar-refractivity contribution in [2.45, 2.75) is 43.9 Å². The topological polar surface area (TPSA) is 63.4 Å². The molecular formula is C14H22N2O2S2. The van der Waals surface area contributed by atoms with Gasteiger partial charge in [-0.05, 0) is 44.0 Å². The second-order valence-electron chi connectivity index (χ2n) is 5.41. The number of hydrogen-bond acceptors (Lipinski definition) is 4. The van der Waals surface area contributed by atoms with Crippen molar-refractivity contribution in [1.82, 2.24) is 4.31 Å². The zero-order chi connectivity index (χ0) is 15.1. The average Bonchev–Trinajstić information content (AvgIpc) is 2.36. The summed E-state index contributed by atoms with van der Waals surface area (Å²) in [6, 6.07) is 3.42. The Hall–Kier alpha value is -0.720. The number of aryl methyl sites for hydroxylation is 2. The van der Waals surface area contributed by atoms with Gasteiger partial charge in [-0.25, -0.2) is 8.42 Å². The normalized spacial score (nSPS) is 24.8. The lowest BCUT2D eigenvalue weighted by Gasteiger charge is -2.36. The Morgan fingerprint density at radius 2 is 1.85 bits per heavy atom. The van der Waals surface area contributed by atoms with Crippen LogP contribution in [-0.2, 0) is 10.0 Å². The smallest absolute Gasteiger partial charge is 0.245 e. The van der Waals surface area contributed by atoms with Gasteiger partial charge in [0.05, 0.1) is 5.69 Å². The Morgan fingerprint density at radius 3 is 2.50 bits per heavy atom. The van der Waals surface area contributed by atoms with Crippen LogP contribution < -0.4 is 5.73 Å². The average molecular weight is 314 g/mol. The second-order valence-corrected chi connectivity index (χ2v) is 8.75. The first-order valence-corrected chi connectivity index (χ1v) is 9.24. The van der Waals surface area contributed by atoms with Crippen molar-refractivity contribution in [3.8, 4) is 0 Å². The van der Waals surface area contributed by atoms with Crippen LogP contribution in [-0.4, -0.2) is 36.3 Å². The first-order chi connectivity index (χ1) is 9.25. The van der Waals surface area contributed by atoms with E-state index in [-0.39, 0.29) is 10.9 Å². The van der Waals surface area contributed by atoms with E-state index in [2.05, 4.69) is 6.92 Å². The van der Waals surface area contributed by atoms with Gasteiger partial charge in [0, 0.05) is 23.6 Å². The number of sulfonamides is 1. The van der Waals surface area contributed by atoms with Gasteiger partial charge in [0.15, 0.2) is 0 Å². The van der Waals surface area contributed by atoms with E-state index in [1.54, 1.807) is 16.4 Å². The number of nitrogens with zero attached hydrogens (tertiary/aromatic N) is 1. The van der Waals surface area contributed by atoms with Gasteiger partial charge in [-0.3, -0.25) is 0 Å². The van der Waals surface area contributed by atoms with Crippen molar-refractivity contribution < 1.29 is 8.42 Å². The Kier molecular flexibility index (Phi) is 4.37. The molecule has 112 valence electrons. The number of benzene rings is 1.